The molecule has 3 N–H and O–H groups in total. The van der Waals surface area contributed by atoms with Gasteiger partial charge in [0, 0.05) is 17.5 Å². The molecule has 0 spiro atoms. The smallest absolute Gasteiger partial charge is 0.305 e. The fraction of sp³-hybridized carbons (Fsp3) is 0.261. The molecule has 0 aliphatic carbocycles. The number of rotatable bonds is 9. The maximum Gasteiger partial charge on any atom is 0.305 e. The number of hydrogen-bond donors (Lipinski definition) is 3. The third-order valence-electron chi connectivity index (χ3n) is 4.98. The molecule has 2 aromatic carbocycles. The van der Waals surface area contributed by atoms with Crippen LogP contribution in [-0.4, -0.2) is 36.2 Å². The van der Waals surface area contributed by atoms with Crippen LogP contribution in [0.25, 0.3) is 10.9 Å². The Kier molecular flexibility index (Phi) is 6.92. The number of carboxylic acid groups (broad SMARTS) is 1. The van der Waals surface area contributed by atoms with E-state index in [1.54, 1.807) is 24.3 Å². The number of methoxy groups -OCH3 is 2. The van der Waals surface area contributed by atoms with E-state index in [9.17, 15) is 19.5 Å². The first-order valence-corrected chi connectivity index (χ1v) is 9.75. The number of carboxylic acids is 1. The second kappa shape index (κ2) is 9.80. The van der Waals surface area contributed by atoms with E-state index in [0.29, 0.717) is 22.6 Å². The standard InChI is InChI=1S/C23H24N2O6/c1-30-19-9-7-15(12-20(19)31-2)18(13-22(27)28)24-21(26)10-8-16-11-14-5-3-4-6-17(14)25-23(16)29/h3-7,9,11-12,18H,8,10,13H2,1-2H3,(H,24,26)(H,25,29)(H,27,28). The van der Waals surface area contributed by atoms with Crippen LogP contribution in [0, 0.1) is 0 Å². The summed E-state index contributed by atoms with van der Waals surface area (Å²) in [5, 5.41) is 12.9. The molecule has 31 heavy (non-hydrogen) atoms. The molecule has 0 radical (unpaired) electrons. The lowest BCUT2D eigenvalue weighted by atomic mass is 10.0. The highest BCUT2D eigenvalue weighted by molar-refractivity contribution is 5.80. The van der Waals surface area contributed by atoms with Gasteiger partial charge in [0.25, 0.3) is 5.56 Å². The Hall–Kier alpha value is -3.81. The summed E-state index contributed by atoms with van der Waals surface area (Å²) in [4.78, 5) is 39.0. The van der Waals surface area contributed by atoms with Crippen LogP contribution in [0.15, 0.2) is 53.3 Å². The Morgan fingerprint density at radius 1 is 1.06 bits per heavy atom. The first-order chi connectivity index (χ1) is 14.9. The number of benzene rings is 2. The summed E-state index contributed by atoms with van der Waals surface area (Å²) in [6, 6.07) is 13.4. The number of amides is 1. The number of aryl methyl sites for hydroxylation is 1. The quantitative estimate of drug-likeness (QED) is 0.486. The predicted molar refractivity (Wildman–Crippen MR) is 116 cm³/mol. The van der Waals surface area contributed by atoms with Crippen molar-refractivity contribution in [2.45, 2.75) is 25.3 Å². The Labute approximate surface area is 178 Å². The van der Waals surface area contributed by atoms with E-state index in [-0.39, 0.29) is 30.7 Å². The molecule has 8 heteroatoms. The number of para-hydroxylation sites is 1. The summed E-state index contributed by atoms with van der Waals surface area (Å²) in [7, 11) is 2.98. The van der Waals surface area contributed by atoms with Gasteiger partial charge in [0.2, 0.25) is 5.91 Å². The fourth-order valence-corrected chi connectivity index (χ4v) is 3.39. The second-order valence-corrected chi connectivity index (χ2v) is 7.04. The van der Waals surface area contributed by atoms with Gasteiger partial charge in [-0.3, -0.25) is 14.4 Å². The van der Waals surface area contributed by atoms with Crippen LogP contribution >= 0.6 is 0 Å². The van der Waals surface area contributed by atoms with Crippen molar-refractivity contribution in [3.63, 3.8) is 0 Å². The molecule has 0 aliphatic rings. The topological polar surface area (TPSA) is 118 Å². The zero-order valence-electron chi connectivity index (χ0n) is 17.3. The molecule has 3 aromatic rings. The molecule has 3 rings (SSSR count). The molecule has 1 heterocycles. The minimum absolute atomic E-state index is 0.0465. The number of aliphatic carboxylic acids is 1. The summed E-state index contributed by atoms with van der Waals surface area (Å²) in [6.45, 7) is 0. The molecular formula is C23H24N2O6. The van der Waals surface area contributed by atoms with E-state index < -0.39 is 12.0 Å². The molecule has 1 aromatic heterocycles. The summed E-state index contributed by atoms with van der Waals surface area (Å²) in [5.41, 5.74) is 1.57. The van der Waals surface area contributed by atoms with Crippen molar-refractivity contribution >= 4 is 22.8 Å². The van der Waals surface area contributed by atoms with Gasteiger partial charge in [-0.1, -0.05) is 24.3 Å². The molecule has 0 bridgehead atoms. The molecule has 0 fully saturated rings. The monoisotopic (exact) mass is 424 g/mol. The fourth-order valence-electron chi connectivity index (χ4n) is 3.39. The van der Waals surface area contributed by atoms with E-state index in [2.05, 4.69) is 10.3 Å². The third kappa shape index (κ3) is 5.42. The number of H-pyrrole nitrogens is 1. The van der Waals surface area contributed by atoms with Gasteiger partial charge in [0.1, 0.15) is 0 Å². The number of aromatic amines is 1. The van der Waals surface area contributed by atoms with Crippen LogP contribution in [0.5, 0.6) is 11.5 Å². The number of carbonyl (C=O) groups excluding carboxylic acids is 1. The van der Waals surface area contributed by atoms with E-state index in [4.69, 9.17) is 9.47 Å². The average molecular weight is 424 g/mol. The maximum atomic E-state index is 12.6. The molecular weight excluding hydrogens is 400 g/mol. The van der Waals surface area contributed by atoms with Crippen LogP contribution in [0.3, 0.4) is 0 Å². The SMILES string of the molecule is COc1ccc(C(CC(=O)O)NC(=O)CCc2cc3ccccc3[nH]c2=O)cc1OC. The zero-order chi connectivity index (χ0) is 22.4. The molecule has 8 nitrogen and oxygen atoms in total. The summed E-state index contributed by atoms with van der Waals surface area (Å²) < 4.78 is 10.5. The number of fused-ring (bicyclic) bond motifs is 1. The molecule has 162 valence electrons. The number of pyridine rings is 1. The van der Waals surface area contributed by atoms with E-state index in [0.717, 1.165) is 10.9 Å². The number of nitrogens with one attached hydrogen (secondary N) is 2. The number of hydrogen-bond acceptors (Lipinski definition) is 5. The zero-order valence-corrected chi connectivity index (χ0v) is 17.3. The first kappa shape index (κ1) is 21.9. The number of carbonyl (C=O) groups is 2. The third-order valence-corrected chi connectivity index (χ3v) is 4.98. The van der Waals surface area contributed by atoms with Crippen molar-refractivity contribution in [3.8, 4) is 11.5 Å². The van der Waals surface area contributed by atoms with Crippen LogP contribution in [0.2, 0.25) is 0 Å². The summed E-state index contributed by atoms with van der Waals surface area (Å²) >= 11 is 0. The van der Waals surface area contributed by atoms with Gasteiger partial charge in [-0.15, -0.1) is 0 Å². The Bertz CT molecular complexity index is 1150. The largest absolute Gasteiger partial charge is 0.493 e. The Morgan fingerprint density at radius 2 is 1.81 bits per heavy atom. The average Bonchev–Trinajstić information content (AvgIpc) is 2.76. The minimum Gasteiger partial charge on any atom is -0.493 e. The molecule has 1 unspecified atom stereocenters. The van der Waals surface area contributed by atoms with Gasteiger partial charge in [0.05, 0.1) is 26.7 Å². The van der Waals surface area contributed by atoms with Gasteiger partial charge in [-0.25, -0.2) is 0 Å². The maximum absolute atomic E-state index is 12.6. The highest BCUT2D eigenvalue weighted by Gasteiger charge is 2.20. The molecule has 1 amide bonds. The minimum atomic E-state index is -1.05. The summed E-state index contributed by atoms with van der Waals surface area (Å²) in [5.74, 6) is -0.464. The lowest BCUT2D eigenvalue weighted by Crippen LogP contribution is -2.30. The number of ether oxygens (including phenoxy) is 2. The van der Waals surface area contributed by atoms with Gasteiger partial charge < -0.3 is 24.9 Å². The lowest BCUT2D eigenvalue weighted by molar-refractivity contribution is -0.137. The van der Waals surface area contributed by atoms with Gasteiger partial charge in [0.15, 0.2) is 11.5 Å². The van der Waals surface area contributed by atoms with Crippen LogP contribution < -0.4 is 20.3 Å². The van der Waals surface area contributed by atoms with Crippen LogP contribution in [0.4, 0.5) is 0 Å². The van der Waals surface area contributed by atoms with E-state index in [1.165, 1.54) is 14.2 Å². The summed E-state index contributed by atoms with van der Waals surface area (Å²) in [6.07, 6.45) is -0.0136. The molecule has 0 saturated heterocycles. The highest BCUT2D eigenvalue weighted by atomic mass is 16.5. The second-order valence-electron chi connectivity index (χ2n) is 7.04. The van der Waals surface area contributed by atoms with Crippen LogP contribution in [-0.2, 0) is 16.0 Å². The number of aromatic nitrogens is 1. The van der Waals surface area contributed by atoms with Gasteiger partial charge in [-0.2, -0.15) is 0 Å². The van der Waals surface area contributed by atoms with Gasteiger partial charge >= 0.3 is 5.97 Å². The molecule has 0 saturated carbocycles. The van der Waals surface area contributed by atoms with E-state index >= 15 is 0 Å². The van der Waals surface area contributed by atoms with Crippen molar-refractivity contribution in [1.82, 2.24) is 10.3 Å². The molecule has 1 atom stereocenters. The molecule has 0 aliphatic heterocycles. The highest BCUT2D eigenvalue weighted by Crippen LogP contribution is 2.31. The normalized spacial score (nSPS) is 11.7. The predicted octanol–water partition coefficient (Wildman–Crippen LogP) is 2.81. The van der Waals surface area contributed by atoms with Crippen molar-refractivity contribution < 1.29 is 24.2 Å². The van der Waals surface area contributed by atoms with Crippen molar-refractivity contribution in [2.24, 2.45) is 0 Å². The van der Waals surface area contributed by atoms with Crippen molar-refractivity contribution in [3.05, 3.63) is 70.0 Å². The van der Waals surface area contributed by atoms with Crippen molar-refractivity contribution in [1.29, 1.82) is 0 Å². The van der Waals surface area contributed by atoms with Crippen LogP contribution in [0.1, 0.15) is 30.0 Å². The first-order valence-electron chi connectivity index (χ1n) is 9.75. The van der Waals surface area contributed by atoms with E-state index in [1.807, 2.05) is 24.3 Å². The Balaban J connectivity index is 1.73. The Morgan fingerprint density at radius 3 is 2.52 bits per heavy atom. The van der Waals surface area contributed by atoms with Crippen molar-refractivity contribution in [2.75, 3.05) is 14.2 Å². The van der Waals surface area contributed by atoms with Gasteiger partial charge in [-0.05, 0) is 41.6 Å². The lowest BCUT2D eigenvalue weighted by Gasteiger charge is -2.19.